The molecule has 0 aliphatic heterocycles. The minimum absolute atomic E-state index is 0.116. The molecular weight excluding hydrogens is 217 g/mol. The van der Waals surface area contributed by atoms with Crippen LogP contribution in [0, 0.1) is 17.1 Å². The Hall–Kier alpha value is -1.86. The van der Waals surface area contributed by atoms with Gasteiger partial charge in [0.25, 0.3) is 0 Å². The second-order valence-electron chi connectivity index (χ2n) is 3.78. The summed E-state index contributed by atoms with van der Waals surface area (Å²) in [5.74, 6) is -0.443. The number of nitriles is 1. The number of allylic oxidation sites excluding steroid dienone is 1. The maximum Gasteiger partial charge on any atom is 0.131 e. The van der Waals surface area contributed by atoms with Gasteiger partial charge in [-0.25, -0.2) is 4.39 Å². The van der Waals surface area contributed by atoms with Gasteiger partial charge in [-0.1, -0.05) is 6.58 Å². The molecular formula is C13H16FN3. The van der Waals surface area contributed by atoms with Crippen molar-refractivity contribution >= 4 is 11.3 Å². The van der Waals surface area contributed by atoms with Crippen LogP contribution in [0.4, 0.5) is 10.1 Å². The number of benzene rings is 1. The molecule has 90 valence electrons. The summed E-state index contributed by atoms with van der Waals surface area (Å²) < 4.78 is 13.5. The van der Waals surface area contributed by atoms with Gasteiger partial charge in [-0.2, -0.15) is 5.26 Å². The molecule has 0 aliphatic rings. The van der Waals surface area contributed by atoms with Gasteiger partial charge in [-0.15, -0.1) is 0 Å². The van der Waals surface area contributed by atoms with Crippen molar-refractivity contribution in [2.24, 2.45) is 5.73 Å². The molecule has 3 nitrogen and oxygen atoms in total. The van der Waals surface area contributed by atoms with Crippen molar-refractivity contribution in [1.82, 2.24) is 0 Å². The first kappa shape index (κ1) is 13.2. The predicted octanol–water partition coefficient (Wildman–Crippen LogP) is 2.49. The molecule has 4 heteroatoms. The summed E-state index contributed by atoms with van der Waals surface area (Å²) in [4.78, 5) is 1.91. The Labute approximate surface area is 101 Å². The Morgan fingerprint density at radius 2 is 2.29 bits per heavy atom. The lowest BCUT2D eigenvalue weighted by atomic mass is 10.1. The van der Waals surface area contributed by atoms with Crippen LogP contribution in [0.25, 0.3) is 5.57 Å². The van der Waals surface area contributed by atoms with E-state index in [9.17, 15) is 4.39 Å². The van der Waals surface area contributed by atoms with Gasteiger partial charge in [-0.05, 0) is 32.0 Å². The van der Waals surface area contributed by atoms with E-state index in [-0.39, 0.29) is 17.3 Å². The zero-order chi connectivity index (χ0) is 13.0. The van der Waals surface area contributed by atoms with Crippen molar-refractivity contribution in [3.05, 3.63) is 36.2 Å². The van der Waals surface area contributed by atoms with E-state index in [2.05, 4.69) is 6.58 Å². The summed E-state index contributed by atoms with van der Waals surface area (Å²) >= 11 is 0. The Bertz CT molecular complexity index is 460. The maximum atomic E-state index is 13.5. The molecule has 0 bridgehead atoms. The monoisotopic (exact) mass is 233 g/mol. The summed E-state index contributed by atoms with van der Waals surface area (Å²) in [5, 5.41) is 8.75. The summed E-state index contributed by atoms with van der Waals surface area (Å²) in [6.07, 6.45) is -0.173. The summed E-state index contributed by atoms with van der Waals surface area (Å²) in [5.41, 5.74) is 6.95. The van der Waals surface area contributed by atoms with Crippen LogP contribution >= 0.6 is 0 Å². The van der Waals surface area contributed by atoms with Gasteiger partial charge in [0.15, 0.2) is 0 Å². The predicted molar refractivity (Wildman–Crippen MR) is 67.7 cm³/mol. The van der Waals surface area contributed by atoms with Crippen LogP contribution in [0.1, 0.15) is 19.4 Å². The molecule has 0 amide bonds. The van der Waals surface area contributed by atoms with Crippen LogP contribution in [0.3, 0.4) is 0 Å². The number of nitrogens with zero attached hydrogens (tertiary/aromatic N) is 2. The molecule has 0 heterocycles. The van der Waals surface area contributed by atoms with E-state index in [1.807, 2.05) is 24.8 Å². The Kier molecular flexibility index (Phi) is 4.24. The van der Waals surface area contributed by atoms with Crippen molar-refractivity contribution in [3.63, 3.8) is 0 Å². The topological polar surface area (TPSA) is 53.0 Å². The smallest absolute Gasteiger partial charge is 0.131 e. The Balaban J connectivity index is 3.21. The molecule has 0 spiro atoms. The number of hydrogen-bond donors (Lipinski definition) is 1. The van der Waals surface area contributed by atoms with Crippen LogP contribution < -0.4 is 10.6 Å². The summed E-state index contributed by atoms with van der Waals surface area (Å²) in [6.45, 7) is 8.05. The van der Waals surface area contributed by atoms with Gasteiger partial charge in [0.05, 0.1) is 17.8 Å². The van der Waals surface area contributed by atoms with Crippen molar-refractivity contribution in [2.75, 3.05) is 11.4 Å². The van der Waals surface area contributed by atoms with Crippen LogP contribution in [0.15, 0.2) is 24.8 Å². The second-order valence-corrected chi connectivity index (χ2v) is 3.78. The lowest BCUT2D eigenvalue weighted by Gasteiger charge is -2.27. The van der Waals surface area contributed by atoms with Crippen LogP contribution in [0.2, 0.25) is 0 Å². The fourth-order valence-electron chi connectivity index (χ4n) is 1.69. The zero-order valence-electron chi connectivity index (χ0n) is 10.1. The van der Waals surface area contributed by atoms with Crippen LogP contribution in [0.5, 0.6) is 0 Å². The van der Waals surface area contributed by atoms with Gasteiger partial charge < -0.3 is 10.6 Å². The fraction of sp³-hybridized carbons (Fsp3) is 0.308. The van der Waals surface area contributed by atoms with E-state index in [1.54, 1.807) is 12.1 Å². The number of rotatable bonds is 4. The molecule has 0 saturated carbocycles. The maximum absolute atomic E-state index is 13.5. The van der Waals surface area contributed by atoms with Crippen molar-refractivity contribution in [2.45, 2.75) is 20.0 Å². The largest absolute Gasteiger partial charge is 0.357 e. The highest BCUT2D eigenvalue weighted by Crippen LogP contribution is 2.23. The zero-order valence-corrected chi connectivity index (χ0v) is 10.1. The molecule has 1 unspecified atom stereocenters. The van der Waals surface area contributed by atoms with Gasteiger partial charge >= 0.3 is 0 Å². The van der Waals surface area contributed by atoms with E-state index in [0.717, 1.165) is 5.69 Å². The average molecular weight is 233 g/mol. The second kappa shape index (κ2) is 5.46. The van der Waals surface area contributed by atoms with E-state index in [1.165, 1.54) is 6.07 Å². The highest BCUT2D eigenvalue weighted by molar-refractivity contribution is 5.77. The number of anilines is 1. The van der Waals surface area contributed by atoms with Gasteiger partial charge in [-0.3, -0.25) is 0 Å². The molecule has 2 N–H and O–H groups in total. The summed E-state index contributed by atoms with van der Waals surface area (Å²) in [7, 11) is 0. The highest BCUT2D eigenvalue weighted by atomic mass is 19.1. The number of halogens is 1. The molecule has 0 aliphatic carbocycles. The lowest BCUT2D eigenvalue weighted by molar-refractivity contribution is 0.622. The number of hydrogen-bond acceptors (Lipinski definition) is 3. The average Bonchev–Trinajstić information content (AvgIpc) is 2.30. The molecule has 1 atom stereocenters. The Morgan fingerprint density at radius 1 is 1.65 bits per heavy atom. The minimum Gasteiger partial charge on any atom is -0.357 e. The van der Waals surface area contributed by atoms with E-state index in [0.29, 0.717) is 6.54 Å². The van der Waals surface area contributed by atoms with Gasteiger partial charge in [0.2, 0.25) is 0 Å². The molecule has 1 rings (SSSR count). The van der Waals surface area contributed by atoms with Gasteiger partial charge in [0.1, 0.15) is 5.82 Å². The third kappa shape index (κ3) is 2.83. The SMILES string of the molecule is C=C(C#N)c1cc(N(CC)C(C)N)ccc1F. The van der Waals surface area contributed by atoms with Crippen molar-refractivity contribution in [3.8, 4) is 6.07 Å². The lowest BCUT2D eigenvalue weighted by Crippen LogP contribution is -2.39. The molecule has 1 aromatic carbocycles. The highest BCUT2D eigenvalue weighted by Gasteiger charge is 2.12. The van der Waals surface area contributed by atoms with E-state index in [4.69, 9.17) is 11.0 Å². The molecule has 0 radical (unpaired) electrons. The van der Waals surface area contributed by atoms with E-state index < -0.39 is 5.82 Å². The first-order valence-corrected chi connectivity index (χ1v) is 5.42. The quantitative estimate of drug-likeness (QED) is 0.642. The van der Waals surface area contributed by atoms with Crippen LogP contribution in [-0.4, -0.2) is 12.7 Å². The van der Waals surface area contributed by atoms with Crippen LogP contribution in [-0.2, 0) is 0 Å². The minimum atomic E-state index is -0.443. The number of nitrogens with two attached hydrogens (primary N) is 1. The molecule has 0 aromatic heterocycles. The first-order chi connectivity index (χ1) is 8.01. The Morgan fingerprint density at radius 3 is 2.76 bits per heavy atom. The first-order valence-electron chi connectivity index (χ1n) is 5.42. The molecule has 0 saturated heterocycles. The van der Waals surface area contributed by atoms with E-state index >= 15 is 0 Å². The van der Waals surface area contributed by atoms with Crippen molar-refractivity contribution < 1.29 is 4.39 Å². The summed E-state index contributed by atoms with van der Waals surface area (Å²) in [6, 6.07) is 6.44. The third-order valence-electron chi connectivity index (χ3n) is 2.57. The normalized spacial score (nSPS) is 11.7. The third-order valence-corrected chi connectivity index (χ3v) is 2.57. The standard InChI is InChI=1S/C13H16FN3/c1-4-17(10(3)16)11-5-6-13(14)12(7-11)9(2)8-15/h5-7,10H,2,4,16H2,1,3H3. The van der Waals surface area contributed by atoms with Crippen molar-refractivity contribution in [1.29, 1.82) is 5.26 Å². The molecule has 1 aromatic rings. The molecule has 0 fully saturated rings. The van der Waals surface area contributed by atoms with Gasteiger partial charge in [0, 0.05) is 17.8 Å². The molecule has 17 heavy (non-hydrogen) atoms. The fourth-order valence-corrected chi connectivity index (χ4v) is 1.69.